The maximum atomic E-state index is 12.2. The molecule has 1 amide bonds. The molecule has 2 aromatic carbocycles. The van der Waals surface area contributed by atoms with Gasteiger partial charge in [0.05, 0.1) is 27.0 Å². The monoisotopic (exact) mass is 407 g/mol. The highest BCUT2D eigenvalue weighted by Gasteiger charge is 2.10. The molecular formula is C23H25N3O4. The molecule has 0 bridgehead atoms. The summed E-state index contributed by atoms with van der Waals surface area (Å²) >= 11 is 0. The molecule has 7 heteroatoms. The maximum absolute atomic E-state index is 12.2. The lowest BCUT2D eigenvalue weighted by molar-refractivity contribution is -0.116. The largest absolute Gasteiger partial charge is 0.496 e. The number of amides is 1. The van der Waals surface area contributed by atoms with E-state index < -0.39 is 0 Å². The van der Waals surface area contributed by atoms with Crippen LogP contribution in [0.1, 0.15) is 11.1 Å². The summed E-state index contributed by atoms with van der Waals surface area (Å²) in [6, 6.07) is 13.5. The summed E-state index contributed by atoms with van der Waals surface area (Å²) in [5.41, 5.74) is 2.86. The number of benzene rings is 2. The highest BCUT2D eigenvalue weighted by molar-refractivity contribution is 5.92. The van der Waals surface area contributed by atoms with E-state index in [4.69, 9.17) is 14.2 Å². The third kappa shape index (κ3) is 5.20. The van der Waals surface area contributed by atoms with Gasteiger partial charge in [0, 0.05) is 36.6 Å². The lowest BCUT2D eigenvalue weighted by atomic mass is 10.1. The lowest BCUT2D eigenvalue weighted by Gasteiger charge is -2.12. The summed E-state index contributed by atoms with van der Waals surface area (Å²) in [4.78, 5) is 12.2. The minimum Gasteiger partial charge on any atom is -0.496 e. The lowest BCUT2D eigenvalue weighted by Crippen LogP contribution is -2.23. The molecule has 7 nitrogen and oxygen atoms in total. The summed E-state index contributed by atoms with van der Waals surface area (Å²) < 4.78 is 17.8. The highest BCUT2D eigenvalue weighted by atomic mass is 16.5. The van der Waals surface area contributed by atoms with Crippen molar-refractivity contribution in [2.24, 2.45) is 0 Å². The van der Waals surface area contributed by atoms with Crippen LogP contribution in [0.25, 0.3) is 11.8 Å². The van der Waals surface area contributed by atoms with Crippen LogP contribution in [0.5, 0.6) is 17.2 Å². The molecule has 156 valence electrons. The number of nitrogens with zero attached hydrogens (tertiary/aromatic N) is 2. The zero-order valence-corrected chi connectivity index (χ0v) is 17.3. The Morgan fingerprint density at radius 3 is 2.37 bits per heavy atom. The van der Waals surface area contributed by atoms with Crippen LogP contribution < -0.4 is 19.5 Å². The van der Waals surface area contributed by atoms with Gasteiger partial charge in [0.2, 0.25) is 5.91 Å². The van der Waals surface area contributed by atoms with E-state index in [0.29, 0.717) is 23.8 Å². The van der Waals surface area contributed by atoms with Crippen molar-refractivity contribution in [1.29, 1.82) is 0 Å². The molecule has 30 heavy (non-hydrogen) atoms. The second kappa shape index (κ2) is 10.2. The van der Waals surface area contributed by atoms with Gasteiger partial charge in [0.25, 0.3) is 0 Å². The van der Waals surface area contributed by atoms with Crippen LogP contribution >= 0.6 is 0 Å². The van der Waals surface area contributed by atoms with Crippen molar-refractivity contribution >= 4 is 12.0 Å². The standard InChI is InChI=1S/C23H25N3O4/c1-28-20-16-22(30-3)21(29-2)15-18(20)7-10-23(27)24-13-11-17-5-8-19(9-6-17)26-14-4-12-25-26/h4-10,12,14-16H,11,13H2,1-3H3,(H,24,27)/b10-7+. The molecule has 3 aromatic rings. The number of hydrogen-bond donors (Lipinski definition) is 1. The Labute approximate surface area is 175 Å². The quantitative estimate of drug-likeness (QED) is 0.551. The molecule has 0 unspecified atom stereocenters. The zero-order chi connectivity index (χ0) is 21.3. The highest BCUT2D eigenvalue weighted by Crippen LogP contribution is 2.35. The van der Waals surface area contributed by atoms with Gasteiger partial charge >= 0.3 is 0 Å². The molecule has 0 fully saturated rings. The number of carbonyl (C=O) groups excluding carboxylic acids is 1. The Morgan fingerprint density at radius 1 is 1.03 bits per heavy atom. The van der Waals surface area contributed by atoms with Gasteiger partial charge in [-0.3, -0.25) is 4.79 Å². The third-order valence-electron chi connectivity index (χ3n) is 4.57. The van der Waals surface area contributed by atoms with Crippen molar-refractivity contribution in [2.75, 3.05) is 27.9 Å². The Balaban J connectivity index is 1.55. The molecule has 3 rings (SSSR count). The molecule has 0 aliphatic rings. The van der Waals surface area contributed by atoms with Crippen LogP contribution in [0.3, 0.4) is 0 Å². The van der Waals surface area contributed by atoms with E-state index in [0.717, 1.165) is 23.2 Å². The van der Waals surface area contributed by atoms with E-state index in [1.807, 2.05) is 36.5 Å². The number of ether oxygens (including phenoxy) is 3. The van der Waals surface area contributed by atoms with Gasteiger partial charge in [0.1, 0.15) is 5.75 Å². The molecule has 0 radical (unpaired) electrons. The minimum absolute atomic E-state index is 0.181. The Kier molecular flexibility index (Phi) is 7.10. The van der Waals surface area contributed by atoms with Gasteiger partial charge in [-0.05, 0) is 42.3 Å². The second-order valence-electron chi connectivity index (χ2n) is 6.44. The van der Waals surface area contributed by atoms with Crippen molar-refractivity contribution in [2.45, 2.75) is 6.42 Å². The van der Waals surface area contributed by atoms with Crippen LogP contribution in [-0.2, 0) is 11.2 Å². The predicted molar refractivity (Wildman–Crippen MR) is 115 cm³/mol. The summed E-state index contributed by atoms with van der Waals surface area (Å²) in [6.07, 6.45) is 7.54. The molecule has 0 saturated heterocycles. The predicted octanol–water partition coefficient (Wildman–Crippen LogP) is 3.27. The number of aromatic nitrogens is 2. The first-order valence-corrected chi connectivity index (χ1v) is 9.49. The normalized spacial score (nSPS) is 10.8. The summed E-state index contributed by atoms with van der Waals surface area (Å²) in [7, 11) is 4.69. The van der Waals surface area contributed by atoms with Crippen LogP contribution in [0.15, 0.2) is 60.9 Å². The van der Waals surface area contributed by atoms with E-state index in [1.54, 1.807) is 50.4 Å². The van der Waals surface area contributed by atoms with E-state index in [1.165, 1.54) is 6.08 Å². The van der Waals surface area contributed by atoms with Crippen LogP contribution in [-0.4, -0.2) is 43.6 Å². The Bertz CT molecular complexity index is 996. The van der Waals surface area contributed by atoms with Crippen molar-refractivity contribution in [1.82, 2.24) is 15.1 Å². The maximum Gasteiger partial charge on any atom is 0.244 e. The van der Waals surface area contributed by atoms with E-state index in [-0.39, 0.29) is 5.91 Å². The summed E-state index contributed by atoms with van der Waals surface area (Å²) in [5, 5.41) is 7.10. The molecule has 0 atom stereocenters. The Hall–Kier alpha value is -3.74. The average molecular weight is 407 g/mol. The van der Waals surface area contributed by atoms with Crippen molar-refractivity contribution < 1.29 is 19.0 Å². The third-order valence-corrected chi connectivity index (χ3v) is 4.57. The average Bonchev–Trinajstić information content (AvgIpc) is 3.32. The van der Waals surface area contributed by atoms with Crippen molar-refractivity contribution in [3.63, 3.8) is 0 Å². The number of nitrogens with one attached hydrogen (secondary N) is 1. The van der Waals surface area contributed by atoms with Crippen LogP contribution in [0, 0.1) is 0 Å². The fraction of sp³-hybridized carbons (Fsp3) is 0.217. The van der Waals surface area contributed by atoms with Gasteiger partial charge in [-0.25, -0.2) is 4.68 Å². The minimum atomic E-state index is -0.181. The molecule has 0 aliphatic heterocycles. The molecule has 0 spiro atoms. The van der Waals surface area contributed by atoms with E-state index >= 15 is 0 Å². The SMILES string of the molecule is COc1cc(OC)c(OC)cc1/C=C/C(=O)NCCc1ccc(-n2cccn2)cc1. The fourth-order valence-corrected chi connectivity index (χ4v) is 2.97. The van der Waals surface area contributed by atoms with Gasteiger partial charge in [-0.1, -0.05) is 12.1 Å². The first-order chi connectivity index (χ1) is 14.6. The van der Waals surface area contributed by atoms with Crippen molar-refractivity contribution in [3.8, 4) is 22.9 Å². The number of rotatable bonds is 9. The van der Waals surface area contributed by atoms with Gasteiger partial charge in [-0.2, -0.15) is 5.10 Å². The molecule has 1 aromatic heterocycles. The number of hydrogen-bond acceptors (Lipinski definition) is 5. The fourth-order valence-electron chi connectivity index (χ4n) is 2.97. The van der Waals surface area contributed by atoms with E-state index in [9.17, 15) is 4.79 Å². The van der Waals surface area contributed by atoms with E-state index in [2.05, 4.69) is 10.4 Å². The number of carbonyl (C=O) groups is 1. The Morgan fingerprint density at radius 2 is 1.73 bits per heavy atom. The molecule has 1 N–H and O–H groups in total. The number of methoxy groups -OCH3 is 3. The zero-order valence-electron chi connectivity index (χ0n) is 17.3. The van der Waals surface area contributed by atoms with Gasteiger partial charge < -0.3 is 19.5 Å². The molecular weight excluding hydrogens is 382 g/mol. The summed E-state index contributed by atoms with van der Waals surface area (Å²) in [6.45, 7) is 0.535. The molecule has 0 aliphatic carbocycles. The first-order valence-electron chi connectivity index (χ1n) is 9.49. The topological polar surface area (TPSA) is 74.6 Å². The second-order valence-corrected chi connectivity index (χ2v) is 6.44. The van der Waals surface area contributed by atoms with Crippen molar-refractivity contribution in [3.05, 3.63) is 72.1 Å². The molecule has 0 saturated carbocycles. The molecule has 1 heterocycles. The van der Waals surface area contributed by atoms with Gasteiger partial charge in [-0.15, -0.1) is 0 Å². The smallest absolute Gasteiger partial charge is 0.244 e. The van der Waals surface area contributed by atoms with Crippen LogP contribution in [0.4, 0.5) is 0 Å². The first kappa shape index (κ1) is 21.0. The van der Waals surface area contributed by atoms with Gasteiger partial charge in [0.15, 0.2) is 11.5 Å². The summed E-state index contributed by atoms with van der Waals surface area (Å²) in [5.74, 6) is 1.54. The van der Waals surface area contributed by atoms with Crippen LogP contribution in [0.2, 0.25) is 0 Å².